The predicted molar refractivity (Wildman–Crippen MR) is 218 cm³/mol. The Kier molecular flexibility index (Phi) is 11.2. The number of hydrogen-bond acceptors (Lipinski definition) is 11. The molecule has 0 saturated heterocycles. The molecule has 15 nitrogen and oxygen atoms in total. The second kappa shape index (κ2) is 15.8. The summed E-state index contributed by atoms with van der Waals surface area (Å²) in [5.74, 6) is 2.73. The Hall–Kier alpha value is -6.12. The van der Waals surface area contributed by atoms with Crippen LogP contribution in [0.2, 0.25) is 0 Å². The highest BCUT2D eigenvalue weighted by Gasteiger charge is 2.38. The summed E-state index contributed by atoms with van der Waals surface area (Å²) in [5, 5.41) is 11.6. The van der Waals surface area contributed by atoms with E-state index in [2.05, 4.69) is 15.9 Å². The highest BCUT2D eigenvalue weighted by atomic mass is 32.2. The molecule has 0 saturated carbocycles. The highest BCUT2D eigenvalue weighted by Crippen LogP contribution is 2.46. The van der Waals surface area contributed by atoms with E-state index in [4.69, 9.17) is 15.9 Å². The van der Waals surface area contributed by atoms with Gasteiger partial charge in [0.05, 0.1) is 48.7 Å². The molecule has 298 valence electrons. The molecule has 3 aromatic carbocycles. The van der Waals surface area contributed by atoms with Gasteiger partial charge in [-0.1, -0.05) is 25.0 Å². The number of phenolic OH excluding ortho intramolecular Hbond substituents is 1. The summed E-state index contributed by atoms with van der Waals surface area (Å²) in [5.41, 5.74) is 3.83. The zero-order valence-electron chi connectivity index (χ0n) is 32.3. The maximum Gasteiger partial charge on any atom is 0.259 e. The molecule has 7 rings (SSSR count). The topological polar surface area (TPSA) is 180 Å². The van der Waals surface area contributed by atoms with Crippen LogP contribution in [0.15, 0.2) is 60.9 Å². The van der Waals surface area contributed by atoms with Crippen LogP contribution in [0.5, 0.6) is 17.2 Å². The summed E-state index contributed by atoms with van der Waals surface area (Å²) in [6.07, 6.45) is 11.5. The van der Waals surface area contributed by atoms with Crippen LogP contribution in [-0.4, -0.2) is 100 Å². The molecular formula is C40H42N6O9S2. The number of anilines is 2. The smallest absolute Gasteiger partial charge is 0.259 e. The molecular weight excluding hydrogens is 773 g/mol. The zero-order valence-corrected chi connectivity index (χ0v) is 33.9. The van der Waals surface area contributed by atoms with Crippen molar-refractivity contribution in [3.05, 3.63) is 88.7 Å². The minimum absolute atomic E-state index is 0.0945. The molecule has 0 unspecified atom stereocenters. The van der Waals surface area contributed by atoms with Crippen molar-refractivity contribution in [2.24, 2.45) is 0 Å². The maximum absolute atomic E-state index is 13.3. The van der Waals surface area contributed by atoms with E-state index in [1.807, 2.05) is 31.2 Å². The summed E-state index contributed by atoms with van der Waals surface area (Å²) in [6.45, 7) is 3.23. The summed E-state index contributed by atoms with van der Waals surface area (Å²) < 4.78 is 62.8. The SMILES string of the molecule is C#CCN1Cc2c(c(OCc3ccc(OC)cc3)c3ncccc3c2N(C)S(C)(=O)=O)C1=O.CCCN1Cc2c(c(O)c3ncccc3c2N(C)S(C)(=O)=O)C1=O. The van der Waals surface area contributed by atoms with Gasteiger partial charge < -0.3 is 24.4 Å². The van der Waals surface area contributed by atoms with E-state index in [9.17, 15) is 31.5 Å². The summed E-state index contributed by atoms with van der Waals surface area (Å²) >= 11 is 0. The Balaban J connectivity index is 0.000000203. The van der Waals surface area contributed by atoms with Crippen LogP contribution in [0.25, 0.3) is 21.8 Å². The number of carbonyl (C=O) groups excluding carboxylic acids is 2. The Morgan fingerprint density at radius 3 is 1.89 bits per heavy atom. The van der Waals surface area contributed by atoms with Crippen LogP contribution in [0.1, 0.15) is 50.8 Å². The van der Waals surface area contributed by atoms with Crippen molar-refractivity contribution in [2.45, 2.75) is 33.0 Å². The quantitative estimate of drug-likeness (QED) is 0.186. The van der Waals surface area contributed by atoms with Crippen molar-refractivity contribution in [1.82, 2.24) is 19.8 Å². The number of ether oxygens (including phenoxy) is 2. The third-order valence-corrected chi connectivity index (χ3v) is 12.2. The number of aromatic hydroxyl groups is 1. The molecule has 0 radical (unpaired) electrons. The number of nitrogens with zero attached hydrogens (tertiary/aromatic N) is 6. The first kappa shape index (κ1) is 40.5. The van der Waals surface area contributed by atoms with Gasteiger partial charge >= 0.3 is 0 Å². The lowest BCUT2D eigenvalue weighted by Gasteiger charge is -2.23. The fraction of sp³-hybridized carbons (Fsp3) is 0.300. The van der Waals surface area contributed by atoms with Crippen molar-refractivity contribution in [1.29, 1.82) is 0 Å². The first-order valence-corrected chi connectivity index (χ1v) is 21.4. The van der Waals surface area contributed by atoms with Crippen molar-refractivity contribution in [3.63, 3.8) is 0 Å². The standard InChI is InChI=1S/C24H23N3O5S.C16H19N3O4S/c1-5-13-27-14-19-20(24(27)28)23(32-15-16-8-10-17(31-3)11-9-16)21-18(7-6-12-25-21)22(19)26(2)33(4,29)30;1-4-8-19-9-11-12(16(19)21)15(20)13-10(6-5-7-17-13)14(11)18(2)24(3,22)23/h1,6-12H,13-15H2,2-4H3;5-7,20H,4,8-9H2,1-3H3. The summed E-state index contributed by atoms with van der Waals surface area (Å²) in [4.78, 5) is 37.7. The lowest BCUT2D eigenvalue weighted by atomic mass is 10.0. The zero-order chi connectivity index (χ0) is 41.4. The van der Waals surface area contributed by atoms with Crippen LogP contribution in [0.3, 0.4) is 0 Å². The molecule has 0 spiro atoms. The lowest BCUT2D eigenvalue weighted by Crippen LogP contribution is -2.27. The molecule has 5 aromatic rings. The predicted octanol–water partition coefficient (Wildman–Crippen LogP) is 4.51. The number of hydrogen-bond donors (Lipinski definition) is 1. The van der Waals surface area contributed by atoms with Crippen molar-refractivity contribution in [3.8, 4) is 29.6 Å². The minimum atomic E-state index is -3.61. The van der Waals surface area contributed by atoms with Gasteiger partial charge in [-0.05, 0) is 48.4 Å². The normalized spacial score (nSPS) is 13.6. The van der Waals surface area contributed by atoms with Crippen LogP contribution in [-0.2, 0) is 39.7 Å². The highest BCUT2D eigenvalue weighted by molar-refractivity contribution is 7.92. The molecule has 1 N–H and O–H groups in total. The van der Waals surface area contributed by atoms with E-state index in [-0.39, 0.29) is 60.4 Å². The Morgan fingerprint density at radius 1 is 0.825 bits per heavy atom. The number of fused-ring (bicyclic) bond motifs is 4. The number of benzene rings is 3. The van der Waals surface area contributed by atoms with Crippen LogP contribution in [0, 0.1) is 12.3 Å². The van der Waals surface area contributed by atoms with Gasteiger partial charge in [-0.3, -0.25) is 28.2 Å². The van der Waals surface area contributed by atoms with E-state index < -0.39 is 20.0 Å². The number of terminal acetylenes is 1. The molecule has 0 atom stereocenters. The van der Waals surface area contributed by atoms with Crippen LogP contribution >= 0.6 is 0 Å². The minimum Gasteiger partial charge on any atom is -0.505 e. The molecule has 0 aliphatic carbocycles. The number of rotatable bonds is 11. The summed E-state index contributed by atoms with van der Waals surface area (Å²) in [6, 6.07) is 14.2. The third kappa shape index (κ3) is 7.57. The second-order valence-electron chi connectivity index (χ2n) is 13.6. The molecule has 57 heavy (non-hydrogen) atoms. The third-order valence-electron chi connectivity index (χ3n) is 9.85. The van der Waals surface area contributed by atoms with E-state index >= 15 is 0 Å². The average Bonchev–Trinajstić information content (AvgIpc) is 3.68. The van der Waals surface area contributed by atoms with E-state index in [0.717, 1.165) is 34.6 Å². The molecule has 2 aromatic heterocycles. The van der Waals surface area contributed by atoms with Gasteiger partial charge in [-0.25, -0.2) is 16.8 Å². The molecule has 17 heteroatoms. The van der Waals surface area contributed by atoms with E-state index in [1.165, 1.54) is 29.5 Å². The van der Waals surface area contributed by atoms with E-state index in [0.29, 0.717) is 51.1 Å². The monoisotopic (exact) mass is 814 g/mol. The number of aromatic nitrogens is 2. The second-order valence-corrected chi connectivity index (χ2v) is 17.6. The van der Waals surface area contributed by atoms with Crippen LogP contribution in [0.4, 0.5) is 11.4 Å². The van der Waals surface area contributed by atoms with Crippen molar-refractivity contribution in [2.75, 3.05) is 55.4 Å². The number of methoxy groups -OCH3 is 1. The van der Waals surface area contributed by atoms with Crippen molar-refractivity contribution >= 4 is 65.0 Å². The first-order chi connectivity index (χ1) is 27.0. The number of carbonyl (C=O) groups is 2. The van der Waals surface area contributed by atoms with Gasteiger partial charge in [0.1, 0.15) is 23.4 Å². The first-order valence-electron chi connectivity index (χ1n) is 17.7. The Bertz CT molecular complexity index is 2680. The Morgan fingerprint density at radius 2 is 1.35 bits per heavy atom. The fourth-order valence-electron chi connectivity index (χ4n) is 7.00. The number of sulfonamides is 2. The van der Waals surface area contributed by atoms with Gasteiger partial charge in [0.2, 0.25) is 20.0 Å². The largest absolute Gasteiger partial charge is 0.505 e. The van der Waals surface area contributed by atoms with Gasteiger partial charge in [-0.2, -0.15) is 0 Å². The maximum atomic E-state index is 13.3. The molecule has 0 fully saturated rings. The van der Waals surface area contributed by atoms with Gasteiger partial charge in [0, 0.05) is 68.0 Å². The molecule has 2 aliphatic rings. The number of amides is 2. The van der Waals surface area contributed by atoms with Gasteiger partial charge in [0.15, 0.2) is 11.5 Å². The molecule has 4 heterocycles. The molecule has 2 aliphatic heterocycles. The number of pyridine rings is 2. The van der Waals surface area contributed by atoms with Gasteiger partial charge in [0.25, 0.3) is 11.8 Å². The Labute approximate surface area is 331 Å². The summed E-state index contributed by atoms with van der Waals surface area (Å²) in [7, 11) is -2.64. The number of phenols is 1. The van der Waals surface area contributed by atoms with Gasteiger partial charge in [-0.15, -0.1) is 6.42 Å². The molecule has 2 amide bonds. The molecule has 0 bridgehead atoms. The lowest BCUT2D eigenvalue weighted by molar-refractivity contribution is 0.0774. The average molecular weight is 815 g/mol. The fourth-order valence-corrected chi connectivity index (χ4v) is 8.08. The van der Waals surface area contributed by atoms with Crippen LogP contribution < -0.4 is 18.1 Å². The van der Waals surface area contributed by atoms with E-state index in [1.54, 1.807) is 42.5 Å². The van der Waals surface area contributed by atoms with Crippen molar-refractivity contribution < 1.29 is 41.0 Å².